The Kier molecular flexibility index (Phi) is 4.36. The van der Waals surface area contributed by atoms with E-state index in [4.69, 9.17) is 22.2 Å². The molecule has 2 aliphatic rings. The van der Waals surface area contributed by atoms with Crippen molar-refractivity contribution in [3.05, 3.63) is 0 Å². The van der Waals surface area contributed by atoms with Crippen LogP contribution in [0, 0.1) is 0 Å². The summed E-state index contributed by atoms with van der Waals surface area (Å²) in [4.78, 5) is 0. The predicted molar refractivity (Wildman–Crippen MR) is 68.3 cm³/mol. The molecule has 0 aromatic rings. The third-order valence-electron chi connectivity index (χ3n) is 3.47. The van der Waals surface area contributed by atoms with Crippen LogP contribution in [0.1, 0.15) is 38.5 Å². The first-order valence-corrected chi connectivity index (χ1v) is 10.0. The van der Waals surface area contributed by atoms with Crippen molar-refractivity contribution in [1.82, 2.24) is 9.13 Å². The predicted octanol–water partition coefficient (Wildman–Crippen LogP) is 2.87. The van der Waals surface area contributed by atoms with E-state index in [9.17, 15) is 0 Å². The van der Waals surface area contributed by atoms with E-state index in [0.29, 0.717) is 0 Å². The van der Waals surface area contributed by atoms with Crippen molar-refractivity contribution in [3.8, 4) is 0 Å². The van der Waals surface area contributed by atoms with E-state index >= 15 is 0 Å². The second-order valence-electron chi connectivity index (χ2n) is 4.60. The smallest absolute Gasteiger partial charge is 0.287 e. The Balaban J connectivity index is 1.96. The minimum absolute atomic E-state index is 1.11. The monoisotopic (exact) mass is 266 g/mol. The normalized spacial score (nSPS) is 26.8. The number of hydrogen-bond acceptors (Lipinski definition) is 2. The van der Waals surface area contributed by atoms with Gasteiger partial charge in [-0.1, -0.05) is 12.8 Å². The Morgan fingerprint density at radius 1 is 0.600 bits per heavy atom. The van der Waals surface area contributed by atoms with Gasteiger partial charge in [-0.2, -0.15) is 0 Å². The van der Waals surface area contributed by atoms with E-state index in [2.05, 4.69) is 9.13 Å². The largest absolute Gasteiger partial charge is 0.408 e. The zero-order valence-electron chi connectivity index (χ0n) is 9.22. The van der Waals surface area contributed by atoms with Gasteiger partial charge in [0.1, 0.15) is 0 Å². The molecule has 15 heavy (non-hydrogen) atoms. The average Bonchev–Trinajstić information content (AvgIpc) is 2.31. The summed E-state index contributed by atoms with van der Waals surface area (Å²) in [5.41, 5.74) is 0. The van der Waals surface area contributed by atoms with E-state index in [1.807, 2.05) is 0 Å². The second kappa shape index (κ2) is 5.37. The van der Waals surface area contributed by atoms with Crippen LogP contribution < -0.4 is 0 Å². The second-order valence-corrected chi connectivity index (χ2v) is 10.6. The van der Waals surface area contributed by atoms with Crippen molar-refractivity contribution in [2.45, 2.75) is 38.5 Å². The van der Waals surface area contributed by atoms with Crippen molar-refractivity contribution in [1.29, 1.82) is 0 Å². The van der Waals surface area contributed by atoms with Crippen molar-refractivity contribution in [2.75, 3.05) is 26.2 Å². The van der Waals surface area contributed by atoms with Crippen molar-refractivity contribution in [2.24, 2.45) is 0 Å². The Labute approximate surface area is 103 Å². The molecule has 0 atom stereocenters. The third kappa shape index (κ3) is 2.89. The van der Waals surface area contributed by atoms with Crippen molar-refractivity contribution in [3.63, 3.8) is 0 Å². The summed E-state index contributed by atoms with van der Waals surface area (Å²) >= 11 is 13.3. The minimum atomic E-state index is -2.29. The van der Waals surface area contributed by atoms with Gasteiger partial charge in [0.05, 0.1) is 0 Å². The molecule has 88 valence electrons. The number of hydrogen-bond donors (Lipinski definition) is 0. The first-order chi connectivity index (χ1) is 7.21. The highest BCUT2D eigenvalue weighted by Crippen LogP contribution is 2.30. The molecule has 2 saturated heterocycles. The molecule has 2 nitrogen and oxygen atoms in total. The molecule has 5 heteroatoms. The lowest BCUT2D eigenvalue weighted by Crippen LogP contribution is -2.60. The van der Waals surface area contributed by atoms with Crippen LogP contribution in [0.2, 0.25) is 0 Å². The molecule has 2 aliphatic heterocycles. The van der Waals surface area contributed by atoms with E-state index in [-0.39, 0.29) is 0 Å². The van der Waals surface area contributed by atoms with E-state index in [1.54, 1.807) is 0 Å². The molecule has 0 aromatic heterocycles. The Hall–Kier alpha value is 0.717. The van der Waals surface area contributed by atoms with Crippen LogP contribution in [-0.2, 0) is 0 Å². The van der Waals surface area contributed by atoms with Crippen LogP contribution in [-0.4, -0.2) is 42.3 Å². The molecule has 2 fully saturated rings. The molecule has 0 radical (unpaired) electrons. The molecule has 0 saturated carbocycles. The fourth-order valence-corrected chi connectivity index (χ4v) is 6.66. The highest BCUT2D eigenvalue weighted by atomic mass is 35.7. The van der Waals surface area contributed by atoms with Crippen LogP contribution in [0.25, 0.3) is 0 Å². The van der Waals surface area contributed by atoms with Gasteiger partial charge in [0, 0.05) is 0 Å². The fraction of sp³-hybridized carbons (Fsp3) is 1.00. The Morgan fingerprint density at radius 2 is 0.933 bits per heavy atom. The average molecular weight is 267 g/mol. The molecule has 0 bridgehead atoms. The zero-order chi connectivity index (χ0) is 10.7. The summed E-state index contributed by atoms with van der Waals surface area (Å²) < 4.78 is 4.73. The van der Waals surface area contributed by atoms with Crippen LogP contribution >= 0.6 is 22.2 Å². The number of halogens is 2. The molecule has 0 unspecified atom stereocenters. The van der Waals surface area contributed by atoms with Crippen LogP contribution in [0.15, 0.2) is 0 Å². The van der Waals surface area contributed by atoms with Gasteiger partial charge >= 0.3 is 7.02 Å². The number of rotatable bonds is 2. The maximum Gasteiger partial charge on any atom is 0.408 e. The van der Waals surface area contributed by atoms with E-state index in [0.717, 1.165) is 26.2 Å². The van der Waals surface area contributed by atoms with Gasteiger partial charge in [0.25, 0.3) is 0 Å². The Morgan fingerprint density at radius 3 is 1.27 bits per heavy atom. The molecule has 0 aromatic carbocycles. The highest BCUT2D eigenvalue weighted by molar-refractivity contribution is 7.42. The van der Waals surface area contributed by atoms with Crippen molar-refractivity contribution >= 4 is 29.2 Å². The quantitative estimate of drug-likeness (QED) is 0.560. The van der Waals surface area contributed by atoms with E-state index in [1.165, 1.54) is 38.5 Å². The first kappa shape index (κ1) is 12.2. The summed E-state index contributed by atoms with van der Waals surface area (Å²) in [7, 11) is -2.29. The van der Waals surface area contributed by atoms with Crippen LogP contribution in [0.3, 0.4) is 0 Å². The van der Waals surface area contributed by atoms with E-state index < -0.39 is 7.02 Å². The highest BCUT2D eigenvalue weighted by Gasteiger charge is 2.44. The molecule has 2 rings (SSSR count). The van der Waals surface area contributed by atoms with Crippen LogP contribution in [0.5, 0.6) is 0 Å². The molecular weight excluding hydrogens is 247 g/mol. The lowest BCUT2D eigenvalue weighted by Gasteiger charge is -2.43. The first-order valence-electron chi connectivity index (χ1n) is 6.09. The lowest BCUT2D eigenvalue weighted by molar-refractivity contribution is 0.283. The third-order valence-corrected chi connectivity index (χ3v) is 8.76. The summed E-state index contributed by atoms with van der Waals surface area (Å²) in [6, 6.07) is 0. The fourth-order valence-electron chi connectivity index (χ4n) is 2.53. The van der Waals surface area contributed by atoms with Crippen molar-refractivity contribution < 1.29 is 0 Å². The minimum Gasteiger partial charge on any atom is -0.287 e. The van der Waals surface area contributed by atoms with Gasteiger partial charge in [0.15, 0.2) is 0 Å². The van der Waals surface area contributed by atoms with Gasteiger partial charge in [-0.15, -0.1) is 22.2 Å². The summed E-state index contributed by atoms with van der Waals surface area (Å²) in [5.74, 6) is 0. The van der Waals surface area contributed by atoms with Gasteiger partial charge in [0.2, 0.25) is 0 Å². The summed E-state index contributed by atoms with van der Waals surface area (Å²) in [5, 5.41) is 0. The standard InChI is InChI=1S/C10H20Cl2N2Si/c11-15(12,13-7-3-1-4-8-13)14-9-5-2-6-10-14/h1-10H2. The topological polar surface area (TPSA) is 6.48 Å². The van der Waals surface area contributed by atoms with Gasteiger partial charge in [-0.25, -0.2) is 0 Å². The van der Waals surface area contributed by atoms with Crippen LogP contribution in [0.4, 0.5) is 0 Å². The molecule has 2 heterocycles. The van der Waals surface area contributed by atoms with Gasteiger partial charge in [-0.05, 0) is 51.9 Å². The molecule has 0 aliphatic carbocycles. The van der Waals surface area contributed by atoms with Gasteiger partial charge < -0.3 is 0 Å². The summed E-state index contributed by atoms with van der Waals surface area (Å²) in [6.45, 7) is 4.43. The Bertz CT molecular complexity index is 182. The summed E-state index contributed by atoms with van der Waals surface area (Å²) in [6.07, 6.45) is 7.75. The molecule has 0 N–H and O–H groups in total. The zero-order valence-corrected chi connectivity index (χ0v) is 11.7. The number of nitrogens with zero attached hydrogens (tertiary/aromatic N) is 2. The molecule has 0 spiro atoms. The van der Waals surface area contributed by atoms with Gasteiger partial charge in [-0.3, -0.25) is 9.13 Å². The maximum atomic E-state index is 6.65. The number of piperidine rings is 2. The molecular formula is C10H20Cl2N2Si. The molecule has 0 amide bonds. The maximum absolute atomic E-state index is 6.65. The lowest BCUT2D eigenvalue weighted by atomic mass is 10.2. The SMILES string of the molecule is Cl[Si](Cl)(N1CCCCC1)N1CCCCC1.